The zero-order chi connectivity index (χ0) is 17.9. The molecule has 0 unspecified atom stereocenters. The van der Waals surface area contributed by atoms with Crippen LogP contribution >= 0.6 is 0 Å². The largest absolute Gasteiger partial charge is 0.399 e. The molecule has 132 valence electrons. The van der Waals surface area contributed by atoms with E-state index < -0.39 is 0 Å². The molecule has 0 spiro atoms. The number of nitrogens with two attached hydrogens (primary N) is 1. The molecule has 5 heteroatoms. The highest BCUT2D eigenvalue weighted by atomic mass is 16.3. The molecular weight excluding hydrogens is 290 g/mol. The maximum Gasteiger partial charge on any atom is 0.251 e. The quantitative estimate of drug-likeness (QED) is 0.580. The molecule has 1 amide bonds. The fourth-order valence-corrected chi connectivity index (χ4v) is 1.75. The van der Waals surface area contributed by atoms with Crippen molar-refractivity contribution >= 4 is 11.6 Å². The van der Waals surface area contributed by atoms with Gasteiger partial charge in [-0.15, -0.1) is 0 Å². The van der Waals surface area contributed by atoms with Crippen molar-refractivity contribution < 1.29 is 9.90 Å². The summed E-state index contributed by atoms with van der Waals surface area (Å²) in [5, 5.41) is 14.7. The van der Waals surface area contributed by atoms with Gasteiger partial charge in [-0.1, -0.05) is 20.8 Å². The summed E-state index contributed by atoms with van der Waals surface area (Å²) in [6.45, 7) is 12.1. The van der Waals surface area contributed by atoms with Gasteiger partial charge in [0.1, 0.15) is 0 Å². The lowest BCUT2D eigenvalue weighted by Gasteiger charge is -2.21. The minimum absolute atomic E-state index is 0.0318. The molecule has 0 atom stereocenters. The number of anilines is 1. The smallest absolute Gasteiger partial charge is 0.251 e. The molecule has 0 saturated heterocycles. The van der Waals surface area contributed by atoms with E-state index in [0.29, 0.717) is 17.2 Å². The van der Waals surface area contributed by atoms with E-state index in [1.54, 1.807) is 24.3 Å². The summed E-state index contributed by atoms with van der Waals surface area (Å²) in [4.78, 5) is 11.6. The lowest BCUT2D eigenvalue weighted by atomic mass is 10.1. The third-order valence-electron chi connectivity index (χ3n) is 3.23. The predicted molar refractivity (Wildman–Crippen MR) is 97.5 cm³/mol. The summed E-state index contributed by atoms with van der Waals surface area (Å²) in [6, 6.07) is 6.94. The summed E-state index contributed by atoms with van der Waals surface area (Å²) >= 11 is 0. The summed E-state index contributed by atoms with van der Waals surface area (Å²) in [6.07, 6.45) is 1.00. The second-order valence-corrected chi connectivity index (χ2v) is 6.63. The number of hydrogen-bond acceptors (Lipinski definition) is 4. The van der Waals surface area contributed by atoms with E-state index in [9.17, 15) is 4.79 Å². The fourth-order valence-electron chi connectivity index (χ4n) is 1.75. The van der Waals surface area contributed by atoms with Crippen LogP contribution in [0.15, 0.2) is 24.3 Å². The second-order valence-electron chi connectivity index (χ2n) is 6.63. The van der Waals surface area contributed by atoms with Crippen LogP contribution < -0.4 is 16.4 Å². The van der Waals surface area contributed by atoms with Crippen LogP contribution in [0, 0.1) is 5.92 Å². The highest BCUT2D eigenvalue weighted by molar-refractivity contribution is 5.94. The average Bonchev–Trinajstić information content (AvgIpc) is 2.48. The number of carbonyl (C=O) groups is 1. The number of nitrogens with one attached hydrogen (secondary N) is 2. The fraction of sp³-hybridized carbons (Fsp3) is 0.611. The summed E-state index contributed by atoms with van der Waals surface area (Å²) in [7, 11) is 0. The number of likely N-dealkylation sites (N-methyl/N-ethyl adjacent to an activating group) is 1. The maximum atomic E-state index is 11.6. The molecule has 23 heavy (non-hydrogen) atoms. The van der Waals surface area contributed by atoms with Crippen LogP contribution in [0.2, 0.25) is 0 Å². The summed E-state index contributed by atoms with van der Waals surface area (Å²) < 4.78 is 0. The molecule has 0 aliphatic rings. The van der Waals surface area contributed by atoms with Crippen LogP contribution in [-0.2, 0) is 0 Å². The maximum absolute atomic E-state index is 11.6. The Morgan fingerprint density at radius 3 is 2.22 bits per heavy atom. The molecule has 0 aliphatic heterocycles. The Kier molecular flexibility index (Phi) is 10.3. The number of amides is 1. The standard InChI is InChI=1S/C12H18N2O.C6H15NO/c1-9(2)7-8-14-12(15)10-3-5-11(13)6-4-10;1-4-7-6(2,3)5-8/h3-6,9H,7-8,13H2,1-2H3,(H,14,15);7-8H,4-5H2,1-3H3. The van der Waals surface area contributed by atoms with Crippen molar-refractivity contribution in [3.63, 3.8) is 0 Å². The summed E-state index contributed by atoms with van der Waals surface area (Å²) in [5.41, 5.74) is 6.77. The second kappa shape index (κ2) is 11.0. The van der Waals surface area contributed by atoms with Crippen molar-refractivity contribution in [1.29, 1.82) is 0 Å². The topological polar surface area (TPSA) is 87.4 Å². The Hall–Kier alpha value is -1.59. The van der Waals surface area contributed by atoms with Crippen LogP contribution in [-0.4, -0.2) is 36.2 Å². The van der Waals surface area contributed by atoms with Gasteiger partial charge >= 0.3 is 0 Å². The molecule has 0 saturated carbocycles. The van der Waals surface area contributed by atoms with Gasteiger partial charge < -0.3 is 21.5 Å². The van der Waals surface area contributed by atoms with Crippen molar-refractivity contribution in [1.82, 2.24) is 10.6 Å². The molecule has 1 aromatic rings. The van der Waals surface area contributed by atoms with Gasteiger partial charge in [0.2, 0.25) is 0 Å². The minimum atomic E-state index is -0.102. The zero-order valence-electron chi connectivity index (χ0n) is 15.1. The van der Waals surface area contributed by atoms with Gasteiger partial charge in [0.05, 0.1) is 6.61 Å². The number of rotatable bonds is 7. The van der Waals surface area contributed by atoms with Gasteiger partial charge in [-0.25, -0.2) is 0 Å². The Balaban J connectivity index is 0.000000515. The molecule has 5 N–H and O–H groups in total. The van der Waals surface area contributed by atoms with Crippen LogP contribution in [0.5, 0.6) is 0 Å². The van der Waals surface area contributed by atoms with E-state index in [2.05, 4.69) is 24.5 Å². The Morgan fingerprint density at radius 2 is 1.83 bits per heavy atom. The van der Waals surface area contributed by atoms with Crippen LogP contribution in [0.3, 0.4) is 0 Å². The first kappa shape index (κ1) is 21.4. The highest BCUT2D eigenvalue weighted by Crippen LogP contribution is 2.05. The molecule has 0 aromatic heterocycles. The molecule has 0 heterocycles. The predicted octanol–water partition coefficient (Wildman–Crippen LogP) is 2.41. The van der Waals surface area contributed by atoms with E-state index in [1.807, 2.05) is 20.8 Å². The number of aliphatic hydroxyl groups excluding tert-OH is 1. The van der Waals surface area contributed by atoms with Crippen molar-refractivity contribution in [3.8, 4) is 0 Å². The first-order valence-corrected chi connectivity index (χ1v) is 8.21. The molecule has 0 bridgehead atoms. The van der Waals surface area contributed by atoms with Gasteiger partial charge in [-0.05, 0) is 57.0 Å². The van der Waals surface area contributed by atoms with Crippen molar-refractivity contribution in [2.24, 2.45) is 5.92 Å². The lowest BCUT2D eigenvalue weighted by Crippen LogP contribution is -2.42. The molecule has 0 aliphatic carbocycles. The monoisotopic (exact) mass is 323 g/mol. The minimum Gasteiger partial charge on any atom is -0.399 e. The third-order valence-corrected chi connectivity index (χ3v) is 3.23. The van der Waals surface area contributed by atoms with Gasteiger partial charge in [0.15, 0.2) is 0 Å². The number of benzene rings is 1. The molecule has 0 radical (unpaired) electrons. The summed E-state index contributed by atoms with van der Waals surface area (Å²) in [5.74, 6) is 0.576. The first-order chi connectivity index (χ1) is 10.7. The number of hydrogen-bond donors (Lipinski definition) is 4. The van der Waals surface area contributed by atoms with Crippen LogP contribution in [0.1, 0.15) is 51.4 Å². The van der Waals surface area contributed by atoms with Crippen molar-refractivity contribution in [2.75, 3.05) is 25.4 Å². The molecule has 5 nitrogen and oxygen atoms in total. The Morgan fingerprint density at radius 1 is 1.26 bits per heavy atom. The lowest BCUT2D eigenvalue weighted by molar-refractivity contribution is 0.0952. The Bertz CT molecular complexity index is 442. The normalized spacial score (nSPS) is 10.9. The van der Waals surface area contributed by atoms with E-state index in [0.717, 1.165) is 19.5 Å². The third kappa shape index (κ3) is 10.7. The SMILES string of the molecule is CC(C)CCNC(=O)c1ccc(N)cc1.CCNC(C)(C)CO. The molecule has 1 aromatic carbocycles. The molecular formula is C18H33N3O2. The molecule has 1 rings (SSSR count). The van der Waals surface area contributed by atoms with Crippen molar-refractivity contribution in [2.45, 2.75) is 46.6 Å². The first-order valence-electron chi connectivity index (χ1n) is 8.21. The van der Waals surface area contributed by atoms with Gasteiger partial charge in [0.25, 0.3) is 5.91 Å². The highest BCUT2D eigenvalue weighted by Gasteiger charge is 2.12. The van der Waals surface area contributed by atoms with Crippen LogP contribution in [0.4, 0.5) is 5.69 Å². The van der Waals surface area contributed by atoms with E-state index in [4.69, 9.17) is 10.8 Å². The van der Waals surface area contributed by atoms with E-state index in [1.165, 1.54) is 0 Å². The number of aliphatic hydroxyl groups is 1. The van der Waals surface area contributed by atoms with Crippen LogP contribution in [0.25, 0.3) is 0 Å². The number of carbonyl (C=O) groups excluding carboxylic acids is 1. The Labute approximate surface area is 140 Å². The zero-order valence-corrected chi connectivity index (χ0v) is 15.1. The van der Waals surface area contributed by atoms with Gasteiger partial charge in [0, 0.05) is 23.3 Å². The van der Waals surface area contributed by atoms with E-state index in [-0.39, 0.29) is 18.1 Å². The van der Waals surface area contributed by atoms with Gasteiger partial charge in [-0.3, -0.25) is 4.79 Å². The van der Waals surface area contributed by atoms with E-state index >= 15 is 0 Å². The van der Waals surface area contributed by atoms with Crippen molar-refractivity contribution in [3.05, 3.63) is 29.8 Å². The number of nitrogen functional groups attached to an aromatic ring is 1. The molecule has 0 fully saturated rings. The average molecular weight is 323 g/mol. The van der Waals surface area contributed by atoms with Gasteiger partial charge in [-0.2, -0.15) is 0 Å².